The lowest BCUT2D eigenvalue weighted by Gasteiger charge is -2.23. The number of hydrogen-bond acceptors (Lipinski definition) is 5. The number of H-pyrrole nitrogens is 1. The van der Waals surface area contributed by atoms with Crippen LogP contribution < -0.4 is 10.9 Å². The van der Waals surface area contributed by atoms with Crippen LogP contribution in [0.15, 0.2) is 63.9 Å². The predicted octanol–water partition coefficient (Wildman–Crippen LogP) is 4.94. The Morgan fingerprint density at radius 1 is 1.16 bits per heavy atom. The third-order valence-electron chi connectivity index (χ3n) is 5.65. The van der Waals surface area contributed by atoms with Crippen molar-refractivity contribution >= 4 is 16.9 Å². The fraction of sp³-hybridized carbons (Fsp3) is 0.250. The summed E-state index contributed by atoms with van der Waals surface area (Å²) in [7, 11) is 0. The molecule has 2 aromatic carbocycles. The highest BCUT2D eigenvalue weighted by atomic mass is 19.1. The predicted molar refractivity (Wildman–Crippen MR) is 118 cm³/mol. The van der Waals surface area contributed by atoms with Gasteiger partial charge in [-0.15, -0.1) is 0 Å². The van der Waals surface area contributed by atoms with Gasteiger partial charge in [0.25, 0.3) is 0 Å². The molecule has 0 aliphatic heterocycles. The van der Waals surface area contributed by atoms with Gasteiger partial charge < -0.3 is 19.8 Å². The first kappa shape index (κ1) is 20.8. The molecule has 3 N–H and O–H groups in total. The summed E-state index contributed by atoms with van der Waals surface area (Å²) in [5.74, 6) is 0.181. The van der Waals surface area contributed by atoms with Crippen LogP contribution in [0.5, 0.6) is 0 Å². The lowest BCUT2D eigenvalue weighted by atomic mass is 9.94. The molecule has 0 aliphatic carbocycles. The summed E-state index contributed by atoms with van der Waals surface area (Å²) >= 11 is 0. The third-order valence-corrected chi connectivity index (χ3v) is 5.65. The standard InChI is InChI=1S/C24H24FN3O3/c1-3-24(30,4-2)21-14-27-23(28-21)26-13-15-8-9-18-19(12-22(29)31-20(18)10-15)16-6-5-7-17(25)11-16/h5-12,14,30H,3-4,13H2,1-2H3,(H2,26,27,28). The average Bonchev–Trinajstić information content (AvgIpc) is 3.26. The number of benzene rings is 2. The van der Waals surface area contributed by atoms with Gasteiger partial charge in [-0.3, -0.25) is 0 Å². The van der Waals surface area contributed by atoms with Crippen molar-refractivity contribution in [3.63, 3.8) is 0 Å². The molecule has 4 rings (SSSR count). The average molecular weight is 421 g/mol. The smallest absolute Gasteiger partial charge is 0.336 e. The summed E-state index contributed by atoms with van der Waals surface area (Å²) in [6, 6.07) is 13.1. The van der Waals surface area contributed by atoms with Crippen LogP contribution in [0.3, 0.4) is 0 Å². The van der Waals surface area contributed by atoms with Crippen LogP contribution in [0.1, 0.15) is 37.9 Å². The van der Waals surface area contributed by atoms with Crippen LogP contribution >= 0.6 is 0 Å². The normalized spacial score (nSPS) is 11.7. The van der Waals surface area contributed by atoms with Crippen molar-refractivity contribution in [1.29, 1.82) is 0 Å². The second-order valence-corrected chi connectivity index (χ2v) is 7.56. The van der Waals surface area contributed by atoms with Crippen molar-refractivity contribution in [2.45, 2.75) is 38.8 Å². The fourth-order valence-corrected chi connectivity index (χ4v) is 3.68. The maximum absolute atomic E-state index is 13.7. The highest BCUT2D eigenvalue weighted by Gasteiger charge is 2.27. The number of aliphatic hydroxyl groups is 1. The van der Waals surface area contributed by atoms with E-state index in [4.69, 9.17) is 4.42 Å². The van der Waals surface area contributed by atoms with Gasteiger partial charge in [-0.1, -0.05) is 38.1 Å². The Balaban J connectivity index is 1.59. The van der Waals surface area contributed by atoms with Crippen LogP contribution in [-0.4, -0.2) is 15.1 Å². The number of halogens is 1. The van der Waals surface area contributed by atoms with Crippen molar-refractivity contribution < 1.29 is 13.9 Å². The molecule has 2 heterocycles. The summed E-state index contributed by atoms with van der Waals surface area (Å²) in [6.45, 7) is 4.30. The van der Waals surface area contributed by atoms with E-state index in [-0.39, 0.29) is 5.82 Å². The minimum absolute atomic E-state index is 0.365. The van der Waals surface area contributed by atoms with Crippen molar-refractivity contribution in [3.05, 3.63) is 82.2 Å². The van der Waals surface area contributed by atoms with Crippen molar-refractivity contribution in [2.75, 3.05) is 5.32 Å². The quantitative estimate of drug-likeness (QED) is 0.368. The number of nitrogens with one attached hydrogen (secondary N) is 2. The molecule has 160 valence electrons. The molecule has 2 aromatic heterocycles. The molecule has 0 unspecified atom stereocenters. The number of nitrogens with zero attached hydrogens (tertiary/aromatic N) is 1. The second kappa shape index (κ2) is 8.35. The zero-order chi connectivity index (χ0) is 22.0. The summed E-state index contributed by atoms with van der Waals surface area (Å²) < 4.78 is 19.1. The topological polar surface area (TPSA) is 91.2 Å². The zero-order valence-corrected chi connectivity index (χ0v) is 17.4. The monoisotopic (exact) mass is 421 g/mol. The maximum atomic E-state index is 13.7. The van der Waals surface area contributed by atoms with Crippen molar-refractivity contribution in [1.82, 2.24) is 9.97 Å². The molecule has 31 heavy (non-hydrogen) atoms. The molecule has 0 atom stereocenters. The van der Waals surface area contributed by atoms with E-state index in [2.05, 4.69) is 15.3 Å². The first-order valence-corrected chi connectivity index (χ1v) is 10.3. The number of fused-ring (bicyclic) bond motifs is 1. The molecular weight excluding hydrogens is 397 g/mol. The van der Waals surface area contributed by atoms with Crippen LogP contribution in [0, 0.1) is 5.82 Å². The molecule has 0 saturated carbocycles. The van der Waals surface area contributed by atoms with Crippen LogP contribution in [0.25, 0.3) is 22.1 Å². The highest BCUT2D eigenvalue weighted by molar-refractivity contribution is 5.93. The van der Waals surface area contributed by atoms with E-state index in [0.29, 0.717) is 47.7 Å². The summed E-state index contributed by atoms with van der Waals surface area (Å²) in [5.41, 5.74) is 1.80. The Kier molecular flexibility index (Phi) is 5.61. The third kappa shape index (κ3) is 4.22. The number of aromatic amines is 1. The van der Waals surface area contributed by atoms with E-state index in [1.54, 1.807) is 24.4 Å². The number of rotatable bonds is 7. The van der Waals surface area contributed by atoms with Gasteiger partial charge >= 0.3 is 5.63 Å². The number of anilines is 1. The van der Waals surface area contributed by atoms with Gasteiger partial charge in [-0.05, 0) is 47.7 Å². The van der Waals surface area contributed by atoms with Gasteiger partial charge in [0.05, 0.1) is 11.9 Å². The lowest BCUT2D eigenvalue weighted by molar-refractivity contribution is 0.0245. The van der Waals surface area contributed by atoms with E-state index < -0.39 is 11.2 Å². The Morgan fingerprint density at radius 3 is 2.71 bits per heavy atom. The fourth-order valence-electron chi connectivity index (χ4n) is 3.68. The van der Waals surface area contributed by atoms with Gasteiger partial charge in [0, 0.05) is 18.0 Å². The van der Waals surface area contributed by atoms with Gasteiger partial charge in [0.15, 0.2) is 0 Å². The molecule has 4 aromatic rings. The minimum atomic E-state index is -0.924. The van der Waals surface area contributed by atoms with Crippen molar-refractivity contribution in [3.8, 4) is 11.1 Å². The van der Waals surface area contributed by atoms with Gasteiger partial charge in [-0.2, -0.15) is 0 Å². The zero-order valence-electron chi connectivity index (χ0n) is 17.4. The molecule has 0 amide bonds. The molecule has 0 bridgehead atoms. The summed E-state index contributed by atoms with van der Waals surface area (Å²) in [4.78, 5) is 19.5. The first-order chi connectivity index (χ1) is 14.9. The van der Waals surface area contributed by atoms with Crippen LogP contribution in [0.4, 0.5) is 10.3 Å². The van der Waals surface area contributed by atoms with E-state index in [9.17, 15) is 14.3 Å². The van der Waals surface area contributed by atoms with E-state index >= 15 is 0 Å². The molecule has 0 radical (unpaired) electrons. The lowest BCUT2D eigenvalue weighted by Crippen LogP contribution is -2.23. The molecular formula is C24H24FN3O3. The van der Waals surface area contributed by atoms with Crippen molar-refractivity contribution in [2.24, 2.45) is 0 Å². The molecule has 0 saturated heterocycles. The molecule has 0 spiro atoms. The van der Waals surface area contributed by atoms with E-state index in [1.165, 1.54) is 18.2 Å². The largest absolute Gasteiger partial charge is 0.423 e. The number of imidazole rings is 1. The molecule has 7 heteroatoms. The highest BCUT2D eigenvalue weighted by Crippen LogP contribution is 2.29. The van der Waals surface area contributed by atoms with Gasteiger partial charge in [0.2, 0.25) is 5.95 Å². The van der Waals surface area contributed by atoms with E-state index in [1.807, 2.05) is 26.0 Å². The maximum Gasteiger partial charge on any atom is 0.336 e. The summed E-state index contributed by atoms with van der Waals surface area (Å²) in [5, 5.41) is 14.5. The molecule has 0 aliphatic rings. The van der Waals surface area contributed by atoms with Crippen LogP contribution in [0.2, 0.25) is 0 Å². The second-order valence-electron chi connectivity index (χ2n) is 7.56. The van der Waals surface area contributed by atoms with Gasteiger partial charge in [-0.25, -0.2) is 14.2 Å². The Bertz CT molecular complexity index is 1270. The Morgan fingerprint density at radius 2 is 1.97 bits per heavy atom. The van der Waals surface area contributed by atoms with Crippen LogP contribution in [-0.2, 0) is 12.1 Å². The molecule has 6 nitrogen and oxygen atoms in total. The Hall–Kier alpha value is -3.45. The summed E-state index contributed by atoms with van der Waals surface area (Å²) in [6.07, 6.45) is 2.81. The van der Waals surface area contributed by atoms with Gasteiger partial charge in [0.1, 0.15) is 17.0 Å². The number of hydrogen-bond donors (Lipinski definition) is 3. The Labute approximate surface area is 178 Å². The van der Waals surface area contributed by atoms with E-state index in [0.717, 1.165) is 10.9 Å². The molecule has 0 fully saturated rings. The minimum Gasteiger partial charge on any atom is -0.423 e. The first-order valence-electron chi connectivity index (χ1n) is 10.3. The SMILES string of the molecule is CCC(O)(CC)c1cnc(NCc2ccc3c(-c4cccc(F)c4)cc(=O)oc3c2)[nH]1. The number of aromatic nitrogens is 2.